The maximum Gasteiger partial charge on any atom is 0.309 e. The number of carbonyl (C=O) groups is 1. The molecule has 0 aromatic carbocycles. The van der Waals surface area contributed by atoms with Gasteiger partial charge in [0.05, 0.1) is 18.2 Å². The van der Waals surface area contributed by atoms with Gasteiger partial charge in [-0.15, -0.1) is 0 Å². The van der Waals surface area contributed by atoms with Crippen molar-refractivity contribution < 1.29 is 9.53 Å². The van der Waals surface area contributed by atoms with Gasteiger partial charge in [-0.1, -0.05) is 13.3 Å². The summed E-state index contributed by atoms with van der Waals surface area (Å²) in [6.07, 6.45) is 3.89. The van der Waals surface area contributed by atoms with E-state index in [-0.39, 0.29) is 17.8 Å². The van der Waals surface area contributed by atoms with Crippen molar-refractivity contribution in [2.45, 2.75) is 39.0 Å². The number of nitrogens with zero attached hydrogens (tertiary/aromatic N) is 2. The zero-order valence-corrected chi connectivity index (χ0v) is 11.2. The van der Waals surface area contributed by atoms with Gasteiger partial charge in [0.1, 0.15) is 5.82 Å². The molecule has 1 unspecified atom stereocenters. The Bertz CT molecular complexity index is 476. The maximum absolute atomic E-state index is 11.9. The SMILES string of the molecule is CCCCOC(=O)C1CCc2nc(N)nc(N)c2C1. The fraction of sp³-hybridized carbons (Fsp3) is 0.615. The van der Waals surface area contributed by atoms with Gasteiger partial charge in [0.2, 0.25) is 5.95 Å². The van der Waals surface area contributed by atoms with Crippen LogP contribution in [0.15, 0.2) is 0 Å². The minimum absolute atomic E-state index is 0.140. The molecule has 0 fully saturated rings. The number of anilines is 2. The first-order valence-corrected chi connectivity index (χ1v) is 6.69. The van der Waals surface area contributed by atoms with Gasteiger partial charge in [0.25, 0.3) is 0 Å². The van der Waals surface area contributed by atoms with E-state index in [1.807, 2.05) is 0 Å². The first-order valence-electron chi connectivity index (χ1n) is 6.69. The fourth-order valence-electron chi connectivity index (χ4n) is 2.29. The van der Waals surface area contributed by atoms with Crippen molar-refractivity contribution in [2.24, 2.45) is 5.92 Å². The van der Waals surface area contributed by atoms with Crippen LogP contribution in [0.3, 0.4) is 0 Å². The quantitative estimate of drug-likeness (QED) is 0.623. The lowest BCUT2D eigenvalue weighted by atomic mass is 9.87. The number of fused-ring (bicyclic) bond motifs is 1. The van der Waals surface area contributed by atoms with E-state index in [0.717, 1.165) is 30.5 Å². The molecule has 0 spiro atoms. The number of hydrogen-bond donors (Lipinski definition) is 2. The lowest BCUT2D eigenvalue weighted by Gasteiger charge is -2.23. The topological polar surface area (TPSA) is 104 Å². The first kappa shape index (κ1) is 13.6. The molecule has 0 saturated carbocycles. The van der Waals surface area contributed by atoms with E-state index in [2.05, 4.69) is 16.9 Å². The standard InChI is InChI=1S/C13H20N4O2/c1-2-3-6-19-12(18)8-4-5-10-9(7-8)11(14)17-13(15)16-10/h8H,2-7H2,1H3,(H4,14,15,16,17). The zero-order valence-electron chi connectivity index (χ0n) is 11.2. The van der Waals surface area contributed by atoms with E-state index in [4.69, 9.17) is 16.2 Å². The molecule has 1 aromatic rings. The molecule has 1 heterocycles. The Labute approximate surface area is 112 Å². The Morgan fingerprint density at radius 3 is 2.95 bits per heavy atom. The number of esters is 1. The highest BCUT2D eigenvalue weighted by molar-refractivity contribution is 5.73. The van der Waals surface area contributed by atoms with Gasteiger partial charge in [-0.05, 0) is 25.7 Å². The van der Waals surface area contributed by atoms with Crippen LogP contribution in [0.25, 0.3) is 0 Å². The van der Waals surface area contributed by atoms with Crippen molar-refractivity contribution in [1.29, 1.82) is 0 Å². The molecule has 1 atom stereocenters. The van der Waals surface area contributed by atoms with Crippen LogP contribution in [0.5, 0.6) is 0 Å². The number of rotatable bonds is 4. The van der Waals surface area contributed by atoms with Gasteiger partial charge in [0, 0.05) is 5.56 Å². The zero-order chi connectivity index (χ0) is 13.8. The number of carbonyl (C=O) groups excluding carboxylic acids is 1. The van der Waals surface area contributed by atoms with Crippen molar-refractivity contribution in [2.75, 3.05) is 18.1 Å². The predicted molar refractivity (Wildman–Crippen MR) is 72.2 cm³/mol. The summed E-state index contributed by atoms with van der Waals surface area (Å²) in [5, 5.41) is 0. The molecular weight excluding hydrogens is 244 g/mol. The normalized spacial score (nSPS) is 17.8. The summed E-state index contributed by atoms with van der Waals surface area (Å²) in [5.74, 6) is 0.294. The summed E-state index contributed by atoms with van der Waals surface area (Å²) in [5.41, 5.74) is 13.1. The van der Waals surface area contributed by atoms with Crippen molar-refractivity contribution in [3.8, 4) is 0 Å². The molecule has 2 rings (SSSR count). The van der Waals surface area contributed by atoms with Crippen LogP contribution in [0.4, 0.5) is 11.8 Å². The van der Waals surface area contributed by atoms with Crippen LogP contribution in [0.2, 0.25) is 0 Å². The molecule has 1 aliphatic rings. The molecule has 6 nitrogen and oxygen atoms in total. The number of ether oxygens (including phenoxy) is 1. The van der Waals surface area contributed by atoms with E-state index in [0.29, 0.717) is 25.3 Å². The lowest BCUT2D eigenvalue weighted by molar-refractivity contribution is -0.149. The van der Waals surface area contributed by atoms with Gasteiger partial charge in [0.15, 0.2) is 0 Å². The average molecular weight is 264 g/mol. The highest BCUT2D eigenvalue weighted by Gasteiger charge is 2.28. The second-order valence-electron chi connectivity index (χ2n) is 4.85. The predicted octanol–water partition coefficient (Wildman–Crippen LogP) is 1.09. The number of hydrogen-bond acceptors (Lipinski definition) is 6. The Balaban J connectivity index is 2.03. The van der Waals surface area contributed by atoms with E-state index in [9.17, 15) is 4.79 Å². The van der Waals surface area contributed by atoms with Crippen LogP contribution in [-0.4, -0.2) is 22.5 Å². The highest BCUT2D eigenvalue weighted by Crippen LogP contribution is 2.28. The highest BCUT2D eigenvalue weighted by atomic mass is 16.5. The van der Waals surface area contributed by atoms with Gasteiger partial charge in [-0.3, -0.25) is 4.79 Å². The van der Waals surface area contributed by atoms with Crippen LogP contribution in [0, 0.1) is 5.92 Å². The molecule has 104 valence electrons. The van der Waals surface area contributed by atoms with Gasteiger partial charge in [-0.2, -0.15) is 4.98 Å². The average Bonchev–Trinajstić information content (AvgIpc) is 2.38. The third kappa shape index (κ3) is 3.13. The summed E-state index contributed by atoms with van der Waals surface area (Å²) < 4.78 is 5.26. The fourth-order valence-corrected chi connectivity index (χ4v) is 2.29. The van der Waals surface area contributed by atoms with Crippen molar-refractivity contribution in [1.82, 2.24) is 9.97 Å². The van der Waals surface area contributed by atoms with Crippen LogP contribution in [0.1, 0.15) is 37.4 Å². The van der Waals surface area contributed by atoms with Crippen LogP contribution in [-0.2, 0) is 22.4 Å². The third-order valence-electron chi connectivity index (χ3n) is 3.40. The summed E-state index contributed by atoms with van der Waals surface area (Å²) in [6.45, 7) is 2.56. The van der Waals surface area contributed by atoms with E-state index < -0.39 is 0 Å². The molecule has 0 saturated heterocycles. The number of unbranched alkanes of at least 4 members (excludes halogenated alkanes) is 1. The summed E-state index contributed by atoms with van der Waals surface area (Å²) in [6, 6.07) is 0. The molecule has 0 bridgehead atoms. The Morgan fingerprint density at radius 2 is 2.21 bits per heavy atom. The summed E-state index contributed by atoms with van der Waals surface area (Å²) >= 11 is 0. The molecular formula is C13H20N4O2. The van der Waals surface area contributed by atoms with Crippen LogP contribution >= 0.6 is 0 Å². The van der Waals surface area contributed by atoms with Crippen molar-refractivity contribution >= 4 is 17.7 Å². The molecule has 4 N–H and O–H groups in total. The smallest absolute Gasteiger partial charge is 0.309 e. The molecule has 6 heteroatoms. The lowest BCUT2D eigenvalue weighted by Crippen LogP contribution is -2.27. The van der Waals surface area contributed by atoms with Crippen molar-refractivity contribution in [3.05, 3.63) is 11.3 Å². The minimum atomic E-state index is -0.143. The molecule has 0 amide bonds. The number of aryl methyl sites for hydroxylation is 1. The van der Waals surface area contributed by atoms with Crippen molar-refractivity contribution in [3.63, 3.8) is 0 Å². The Hall–Kier alpha value is -1.85. The first-order chi connectivity index (χ1) is 9.11. The van der Waals surface area contributed by atoms with Gasteiger partial charge >= 0.3 is 5.97 Å². The van der Waals surface area contributed by atoms with E-state index in [1.165, 1.54) is 0 Å². The monoisotopic (exact) mass is 264 g/mol. The molecule has 19 heavy (non-hydrogen) atoms. The molecule has 1 aliphatic carbocycles. The molecule has 0 radical (unpaired) electrons. The number of nitrogens with two attached hydrogens (primary N) is 2. The number of aromatic nitrogens is 2. The third-order valence-corrected chi connectivity index (χ3v) is 3.40. The second-order valence-corrected chi connectivity index (χ2v) is 4.85. The molecule has 1 aromatic heterocycles. The van der Waals surface area contributed by atoms with E-state index in [1.54, 1.807) is 0 Å². The van der Waals surface area contributed by atoms with Crippen LogP contribution < -0.4 is 11.5 Å². The van der Waals surface area contributed by atoms with Gasteiger partial charge < -0.3 is 16.2 Å². The summed E-state index contributed by atoms with van der Waals surface area (Å²) in [4.78, 5) is 20.1. The number of nitrogen functional groups attached to an aromatic ring is 2. The Kier molecular flexibility index (Phi) is 4.19. The summed E-state index contributed by atoms with van der Waals surface area (Å²) in [7, 11) is 0. The molecule has 0 aliphatic heterocycles. The maximum atomic E-state index is 11.9. The largest absolute Gasteiger partial charge is 0.465 e. The Morgan fingerprint density at radius 1 is 1.42 bits per heavy atom. The minimum Gasteiger partial charge on any atom is -0.465 e. The second kappa shape index (κ2) is 5.86. The van der Waals surface area contributed by atoms with Gasteiger partial charge in [-0.25, -0.2) is 4.98 Å². The van der Waals surface area contributed by atoms with E-state index >= 15 is 0 Å².